The molecule has 0 saturated heterocycles. The molecule has 0 aliphatic carbocycles. The van der Waals surface area contributed by atoms with Crippen molar-refractivity contribution in [3.63, 3.8) is 0 Å². The van der Waals surface area contributed by atoms with Gasteiger partial charge in [-0.15, -0.1) is 0 Å². The van der Waals surface area contributed by atoms with E-state index in [4.69, 9.17) is 16.6 Å². The molecule has 0 unspecified atom stereocenters. The fourth-order valence-corrected chi connectivity index (χ4v) is 3.29. The summed E-state index contributed by atoms with van der Waals surface area (Å²) in [4.78, 5) is 13.8. The van der Waals surface area contributed by atoms with Crippen molar-refractivity contribution in [2.75, 3.05) is 24.5 Å². The molecule has 0 atom stereocenters. The van der Waals surface area contributed by atoms with Crippen LogP contribution in [0.2, 0.25) is 5.15 Å². The Hall–Kier alpha value is -1.65. The van der Waals surface area contributed by atoms with E-state index in [0.717, 1.165) is 56.4 Å². The van der Waals surface area contributed by atoms with E-state index in [1.165, 1.54) is 5.56 Å². The number of hydrogen-bond acceptors (Lipinski definition) is 4. The lowest BCUT2D eigenvalue weighted by Crippen LogP contribution is -2.32. The number of hydrogen-bond donors (Lipinski definition) is 0. The first-order chi connectivity index (χ1) is 11.2. The van der Waals surface area contributed by atoms with E-state index in [1.54, 1.807) is 0 Å². The molecule has 1 aromatic carbocycles. The van der Waals surface area contributed by atoms with Gasteiger partial charge in [-0.05, 0) is 19.4 Å². The number of rotatable bonds is 5. The van der Waals surface area contributed by atoms with Gasteiger partial charge in [0, 0.05) is 44.7 Å². The molecule has 0 amide bonds. The van der Waals surface area contributed by atoms with E-state index < -0.39 is 0 Å². The summed E-state index contributed by atoms with van der Waals surface area (Å²) in [5, 5.41) is 0.606. The normalized spacial score (nSPS) is 14.6. The van der Waals surface area contributed by atoms with Gasteiger partial charge >= 0.3 is 0 Å². The summed E-state index contributed by atoms with van der Waals surface area (Å²) in [5.74, 6) is 0.759. The Bertz CT molecular complexity index is 656. The van der Waals surface area contributed by atoms with Gasteiger partial charge in [0.1, 0.15) is 5.15 Å². The average molecular weight is 331 g/mol. The van der Waals surface area contributed by atoms with Crippen LogP contribution in [0.3, 0.4) is 0 Å². The summed E-state index contributed by atoms with van der Waals surface area (Å²) in [7, 11) is 0. The second-order valence-corrected chi connectivity index (χ2v) is 6.22. The third kappa shape index (κ3) is 3.65. The number of anilines is 1. The smallest absolute Gasteiger partial charge is 0.226 e. The van der Waals surface area contributed by atoms with Crippen LogP contribution in [0, 0.1) is 0 Å². The number of benzene rings is 1. The summed E-state index contributed by atoms with van der Waals surface area (Å²) in [6.45, 7) is 8.78. The Labute approximate surface area is 143 Å². The van der Waals surface area contributed by atoms with Gasteiger partial charge in [-0.1, -0.05) is 41.9 Å². The highest BCUT2D eigenvalue weighted by molar-refractivity contribution is 6.30. The van der Waals surface area contributed by atoms with Crippen LogP contribution in [0.15, 0.2) is 30.3 Å². The average Bonchev–Trinajstić information content (AvgIpc) is 2.57. The third-order valence-corrected chi connectivity index (χ3v) is 4.68. The largest absolute Gasteiger partial charge is 0.341 e. The Morgan fingerprint density at radius 2 is 1.87 bits per heavy atom. The molecule has 0 bridgehead atoms. The molecule has 2 heterocycles. The molecule has 0 saturated carbocycles. The summed E-state index contributed by atoms with van der Waals surface area (Å²) < 4.78 is 0. The Morgan fingerprint density at radius 1 is 1.13 bits per heavy atom. The van der Waals surface area contributed by atoms with Crippen molar-refractivity contribution in [1.29, 1.82) is 0 Å². The summed E-state index contributed by atoms with van der Waals surface area (Å²) in [6, 6.07) is 10.5. The fraction of sp³-hybridized carbons (Fsp3) is 0.444. The summed E-state index contributed by atoms with van der Waals surface area (Å²) >= 11 is 6.47. The number of halogens is 1. The zero-order chi connectivity index (χ0) is 16.2. The van der Waals surface area contributed by atoms with E-state index in [1.807, 2.05) is 0 Å². The number of fused-ring (bicyclic) bond motifs is 1. The van der Waals surface area contributed by atoms with Crippen molar-refractivity contribution in [1.82, 2.24) is 14.9 Å². The second-order valence-electron chi connectivity index (χ2n) is 5.86. The highest BCUT2D eigenvalue weighted by Gasteiger charge is 2.22. The molecule has 1 aromatic heterocycles. The topological polar surface area (TPSA) is 32.3 Å². The minimum atomic E-state index is 0.606. The number of nitrogens with zero attached hydrogens (tertiary/aromatic N) is 4. The van der Waals surface area contributed by atoms with E-state index in [-0.39, 0.29) is 0 Å². The van der Waals surface area contributed by atoms with Gasteiger partial charge in [-0.25, -0.2) is 9.97 Å². The van der Waals surface area contributed by atoms with E-state index in [2.05, 4.69) is 59.0 Å². The lowest BCUT2D eigenvalue weighted by molar-refractivity contribution is 0.243. The molecule has 0 fully saturated rings. The van der Waals surface area contributed by atoms with Crippen molar-refractivity contribution in [2.45, 2.75) is 33.4 Å². The van der Waals surface area contributed by atoms with Gasteiger partial charge in [-0.3, -0.25) is 4.90 Å². The van der Waals surface area contributed by atoms with E-state index >= 15 is 0 Å². The SMILES string of the molecule is CCN(CC)c1nc(Cl)c2c(n1)CCN(Cc1ccccc1)C2. The van der Waals surface area contributed by atoms with E-state index in [9.17, 15) is 0 Å². The predicted octanol–water partition coefficient (Wildman–Crippen LogP) is 3.53. The van der Waals surface area contributed by atoms with E-state index in [0.29, 0.717) is 5.15 Å². The van der Waals surface area contributed by atoms with Crippen molar-refractivity contribution < 1.29 is 0 Å². The first kappa shape index (κ1) is 16.2. The molecule has 3 rings (SSSR count). The van der Waals surface area contributed by atoms with Gasteiger partial charge in [0.15, 0.2) is 0 Å². The first-order valence-corrected chi connectivity index (χ1v) is 8.65. The van der Waals surface area contributed by atoms with Gasteiger partial charge < -0.3 is 4.90 Å². The zero-order valence-electron chi connectivity index (χ0n) is 13.8. The fourth-order valence-electron chi connectivity index (χ4n) is 3.04. The standard InChI is InChI=1S/C18H23ClN4/c1-3-23(4-2)18-20-16-10-11-22(13-15(16)17(19)21-18)12-14-8-6-5-7-9-14/h5-9H,3-4,10-13H2,1-2H3. The molecular formula is C18H23ClN4. The van der Waals surface area contributed by atoms with Crippen LogP contribution >= 0.6 is 11.6 Å². The first-order valence-electron chi connectivity index (χ1n) is 8.27. The molecular weight excluding hydrogens is 308 g/mol. The molecule has 2 aromatic rings. The highest BCUT2D eigenvalue weighted by atomic mass is 35.5. The molecule has 0 N–H and O–H groups in total. The van der Waals surface area contributed by atoms with Crippen LogP contribution in [-0.2, 0) is 19.5 Å². The second kappa shape index (κ2) is 7.28. The van der Waals surface area contributed by atoms with Crippen molar-refractivity contribution in [2.24, 2.45) is 0 Å². The van der Waals surface area contributed by atoms with Gasteiger partial charge in [0.25, 0.3) is 0 Å². The Morgan fingerprint density at radius 3 is 2.57 bits per heavy atom. The molecule has 0 spiro atoms. The zero-order valence-corrected chi connectivity index (χ0v) is 14.6. The maximum absolute atomic E-state index is 6.47. The lowest BCUT2D eigenvalue weighted by atomic mass is 10.1. The maximum Gasteiger partial charge on any atom is 0.226 e. The van der Waals surface area contributed by atoms with Crippen LogP contribution in [-0.4, -0.2) is 34.5 Å². The molecule has 1 aliphatic rings. The molecule has 1 aliphatic heterocycles. The summed E-state index contributed by atoms with van der Waals surface area (Å²) in [5.41, 5.74) is 3.52. The minimum Gasteiger partial charge on any atom is -0.341 e. The minimum absolute atomic E-state index is 0.606. The van der Waals surface area contributed by atoms with Gasteiger partial charge in [0.05, 0.1) is 5.69 Å². The maximum atomic E-state index is 6.47. The van der Waals surface area contributed by atoms with Crippen LogP contribution in [0.4, 0.5) is 5.95 Å². The monoisotopic (exact) mass is 330 g/mol. The highest BCUT2D eigenvalue weighted by Crippen LogP contribution is 2.27. The van der Waals surface area contributed by atoms with Crippen molar-refractivity contribution in [3.05, 3.63) is 52.3 Å². The quantitative estimate of drug-likeness (QED) is 0.785. The predicted molar refractivity (Wildman–Crippen MR) is 94.9 cm³/mol. The van der Waals surface area contributed by atoms with Crippen molar-refractivity contribution in [3.8, 4) is 0 Å². The molecule has 122 valence electrons. The molecule has 23 heavy (non-hydrogen) atoms. The number of aromatic nitrogens is 2. The van der Waals surface area contributed by atoms with Crippen LogP contribution < -0.4 is 4.90 Å². The lowest BCUT2D eigenvalue weighted by Gasteiger charge is -2.29. The van der Waals surface area contributed by atoms with Crippen LogP contribution in [0.5, 0.6) is 0 Å². The van der Waals surface area contributed by atoms with Crippen molar-refractivity contribution >= 4 is 17.5 Å². The Balaban J connectivity index is 1.78. The molecule has 4 nitrogen and oxygen atoms in total. The van der Waals surface area contributed by atoms with Gasteiger partial charge in [-0.2, -0.15) is 0 Å². The van der Waals surface area contributed by atoms with Crippen LogP contribution in [0.1, 0.15) is 30.7 Å². The third-order valence-electron chi connectivity index (χ3n) is 4.37. The molecule has 0 radical (unpaired) electrons. The molecule has 5 heteroatoms. The Kier molecular flexibility index (Phi) is 5.13. The van der Waals surface area contributed by atoms with Crippen LogP contribution in [0.25, 0.3) is 0 Å². The van der Waals surface area contributed by atoms with Gasteiger partial charge in [0.2, 0.25) is 5.95 Å². The summed E-state index contributed by atoms with van der Waals surface area (Å²) in [6.07, 6.45) is 0.929.